The number of carbonyl (C=O) groups is 2. The minimum atomic E-state index is -4.59. The van der Waals surface area contributed by atoms with Crippen molar-refractivity contribution >= 4 is 75.0 Å². The first-order valence-electron chi connectivity index (χ1n) is 11.9. The molecule has 10 nitrogen and oxygen atoms in total. The van der Waals surface area contributed by atoms with E-state index < -0.39 is 30.2 Å². The first-order chi connectivity index (χ1) is 20.0. The normalized spacial score (nSPS) is 11.4. The molecule has 0 spiro atoms. The van der Waals surface area contributed by atoms with Crippen LogP contribution >= 0.6 is 58.1 Å². The predicted octanol–water partition coefficient (Wildman–Crippen LogP) is 5.98. The molecule has 2 aromatic carbocycles. The molecule has 2 aromatic heterocycles. The van der Waals surface area contributed by atoms with E-state index in [9.17, 15) is 22.8 Å². The van der Waals surface area contributed by atoms with Crippen LogP contribution in [0.1, 0.15) is 18.3 Å². The van der Waals surface area contributed by atoms with Crippen molar-refractivity contribution in [1.29, 1.82) is 0 Å². The second-order valence-electron chi connectivity index (χ2n) is 8.07. The molecule has 0 bridgehead atoms. The summed E-state index contributed by atoms with van der Waals surface area (Å²) in [6.45, 7) is 1.37. The Labute approximate surface area is 259 Å². The van der Waals surface area contributed by atoms with Gasteiger partial charge in [-0.25, -0.2) is 0 Å². The van der Waals surface area contributed by atoms with Gasteiger partial charge in [-0.15, -0.1) is 20.4 Å². The molecule has 4 aromatic rings. The molecule has 0 unspecified atom stereocenters. The van der Waals surface area contributed by atoms with E-state index >= 15 is 0 Å². The van der Waals surface area contributed by atoms with Crippen molar-refractivity contribution in [3.8, 4) is 11.4 Å². The van der Waals surface area contributed by atoms with Gasteiger partial charge in [-0.05, 0) is 42.2 Å². The average molecular weight is 679 g/mol. The smallest absolute Gasteiger partial charge is 0.416 e. The Kier molecular flexibility index (Phi) is 10.9. The molecule has 222 valence electrons. The Morgan fingerprint density at radius 2 is 1.86 bits per heavy atom. The van der Waals surface area contributed by atoms with Crippen molar-refractivity contribution in [3.05, 3.63) is 63.9 Å². The Bertz CT molecular complexity index is 1570. The summed E-state index contributed by atoms with van der Waals surface area (Å²) in [4.78, 5) is 25.0. The summed E-state index contributed by atoms with van der Waals surface area (Å²) < 4.78 is 47.8. The van der Waals surface area contributed by atoms with Crippen molar-refractivity contribution in [2.45, 2.75) is 29.1 Å². The molecule has 2 heterocycles. The first-order valence-corrected chi connectivity index (χ1v) is 15.4. The number of aromatic nitrogens is 5. The highest BCUT2D eigenvalue weighted by molar-refractivity contribution is 8.01. The monoisotopic (exact) mass is 677 g/mol. The highest BCUT2D eigenvalue weighted by Gasteiger charge is 2.31. The summed E-state index contributed by atoms with van der Waals surface area (Å²) in [7, 11) is 0. The topological polar surface area (TPSA) is 124 Å². The van der Waals surface area contributed by atoms with E-state index in [2.05, 4.69) is 31.0 Å². The van der Waals surface area contributed by atoms with Gasteiger partial charge in [0, 0.05) is 5.02 Å². The zero-order valence-corrected chi connectivity index (χ0v) is 25.4. The van der Waals surface area contributed by atoms with Crippen LogP contribution in [0.15, 0.2) is 52.0 Å². The molecule has 0 saturated carbocycles. The number of halogens is 5. The molecule has 2 N–H and O–H groups in total. The van der Waals surface area contributed by atoms with Crippen molar-refractivity contribution < 1.29 is 27.5 Å². The minimum absolute atomic E-state index is 0.0940. The zero-order chi connectivity index (χ0) is 30.3. The maximum absolute atomic E-state index is 13.5. The number of thioether (sulfide) groups is 2. The van der Waals surface area contributed by atoms with Crippen LogP contribution in [0.3, 0.4) is 0 Å². The third-order valence-corrected chi connectivity index (χ3v) is 8.39. The van der Waals surface area contributed by atoms with Gasteiger partial charge >= 0.3 is 6.18 Å². The molecule has 42 heavy (non-hydrogen) atoms. The molecule has 0 aliphatic heterocycles. The van der Waals surface area contributed by atoms with Gasteiger partial charge in [0.2, 0.25) is 11.0 Å². The number of anilines is 1. The van der Waals surface area contributed by atoms with E-state index in [4.69, 9.17) is 27.9 Å². The molecule has 0 fully saturated rings. The molecule has 2 amide bonds. The molecular formula is C24H20Cl2F3N7O3S3. The summed E-state index contributed by atoms with van der Waals surface area (Å²) in [5, 5.41) is 22.3. The number of hydrogen-bond donors (Lipinski definition) is 2. The lowest BCUT2D eigenvalue weighted by Crippen LogP contribution is -2.29. The molecular weight excluding hydrogens is 658 g/mol. The Morgan fingerprint density at radius 3 is 2.60 bits per heavy atom. The predicted molar refractivity (Wildman–Crippen MR) is 156 cm³/mol. The third kappa shape index (κ3) is 8.73. The SMILES string of the molecule is CCSc1nnc(NC(=O)CSc2nnc(CNC(=O)COc3ccc(Cl)cc3Cl)n2-c2cccc(C(F)(F)F)c2)s1. The van der Waals surface area contributed by atoms with E-state index in [1.807, 2.05) is 6.92 Å². The van der Waals surface area contributed by atoms with Crippen LogP contribution in [0, 0.1) is 0 Å². The largest absolute Gasteiger partial charge is 0.482 e. The number of carbonyl (C=O) groups excluding carboxylic acids is 2. The third-order valence-electron chi connectivity index (χ3n) is 5.08. The standard InChI is InChI=1S/C24H20Cl2F3N7O3S3/c1-2-40-23-35-33-21(42-23)31-20(38)12-41-22-34-32-18(36(22)15-5-3-4-13(8-15)24(27,28)29)10-30-19(37)11-39-17-7-6-14(25)9-16(17)26/h3-9H,2,10-12H2,1H3,(H,30,37)(H,31,33,38). The number of nitrogens with one attached hydrogen (secondary N) is 2. The molecule has 0 radical (unpaired) electrons. The Balaban J connectivity index is 1.47. The van der Waals surface area contributed by atoms with Crippen LogP contribution in [0.2, 0.25) is 10.0 Å². The average Bonchev–Trinajstić information content (AvgIpc) is 3.56. The first kappa shape index (κ1) is 31.9. The minimum Gasteiger partial charge on any atom is -0.482 e. The van der Waals surface area contributed by atoms with Gasteiger partial charge in [-0.2, -0.15) is 13.2 Å². The highest BCUT2D eigenvalue weighted by Crippen LogP contribution is 2.32. The van der Waals surface area contributed by atoms with Crippen LogP contribution in [0.25, 0.3) is 5.69 Å². The van der Waals surface area contributed by atoms with Crippen molar-refractivity contribution in [2.24, 2.45) is 0 Å². The fraction of sp³-hybridized carbons (Fsp3) is 0.250. The molecule has 0 aliphatic carbocycles. The van der Waals surface area contributed by atoms with E-state index in [-0.39, 0.29) is 39.7 Å². The summed E-state index contributed by atoms with van der Waals surface area (Å²) in [5.74, 6) is 0.0571. The van der Waals surface area contributed by atoms with Gasteiger partial charge in [0.1, 0.15) is 5.75 Å². The van der Waals surface area contributed by atoms with Gasteiger partial charge in [0.25, 0.3) is 5.91 Å². The Morgan fingerprint density at radius 1 is 1.05 bits per heavy atom. The zero-order valence-electron chi connectivity index (χ0n) is 21.4. The maximum atomic E-state index is 13.5. The van der Waals surface area contributed by atoms with E-state index in [0.717, 1.165) is 29.6 Å². The summed E-state index contributed by atoms with van der Waals surface area (Å²) in [6, 6.07) is 9.06. The summed E-state index contributed by atoms with van der Waals surface area (Å²) in [6.07, 6.45) is -4.59. The Hall–Kier alpha value is -3.05. The molecule has 0 atom stereocenters. The van der Waals surface area contributed by atoms with Gasteiger partial charge < -0.3 is 10.1 Å². The molecule has 18 heteroatoms. The number of hydrogen-bond acceptors (Lipinski definition) is 10. The fourth-order valence-electron chi connectivity index (χ4n) is 3.28. The lowest BCUT2D eigenvalue weighted by atomic mass is 10.2. The number of rotatable bonds is 12. The summed E-state index contributed by atoms with van der Waals surface area (Å²) >= 11 is 15.6. The van der Waals surface area contributed by atoms with E-state index in [0.29, 0.717) is 14.5 Å². The lowest BCUT2D eigenvalue weighted by molar-refractivity contribution is -0.137. The maximum Gasteiger partial charge on any atom is 0.416 e. The van der Waals surface area contributed by atoms with Gasteiger partial charge in [-0.1, -0.05) is 71.1 Å². The van der Waals surface area contributed by atoms with Crippen LogP contribution in [0.4, 0.5) is 18.3 Å². The van der Waals surface area contributed by atoms with Crippen molar-refractivity contribution in [3.63, 3.8) is 0 Å². The van der Waals surface area contributed by atoms with Gasteiger partial charge in [0.05, 0.1) is 28.6 Å². The summed E-state index contributed by atoms with van der Waals surface area (Å²) in [5.41, 5.74) is -0.792. The van der Waals surface area contributed by atoms with E-state index in [1.54, 1.807) is 6.07 Å². The number of nitrogens with zero attached hydrogens (tertiary/aromatic N) is 5. The lowest BCUT2D eigenvalue weighted by Gasteiger charge is -2.14. The number of benzene rings is 2. The van der Waals surface area contributed by atoms with Crippen LogP contribution in [-0.4, -0.2) is 54.9 Å². The van der Waals surface area contributed by atoms with Crippen molar-refractivity contribution in [1.82, 2.24) is 30.3 Å². The van der Waals surface area contributed by atoms with Crippen LogP contribution < -0.4 is 15.4 Å². The van der Waals surface area contributed by atoms with Crippen molar-refractivity contribution in [2.75, 3.05) is 23.4 Å². The number of alkyl halides is 3. The van der Waals surface area contributed by atoms with E-state index in [1.165, 1.54) is 51.9 Å². The molecule has 0 aliphatic rings. The number of amides is 2. The molecule has 4 rings (SSSR count). The van der Waals surface area contributed by atoms with Crippen LogP contribution in [0.5, 0.6) is 5.75 Å². The quantitative estimate of drug-likeness (QED) is 0.138. The molecule has 0 saturated heterocycles. The second kappa shape index (κ2) is 14.4. The van der Waals surface area contributed by atoms with Gasteiger partial charge in [0.15, 0.2) is 21.9 Å². The highest BCUT2D eigenvalue weighted by atomic mass is 35.5. The second-order valence-corrected chi connectivity index (χ2v) is 12.3. The van der Waals surface area contributed by atoms with Crippen LogP contribution in [-0.2, 0) is 22.3 Å². The fourth-order valence-corrected chi connectivity index (χ4v) is 6.18. The number of ether oxygens (including phenoxy) is 1. The van der Waals surface area contributed by atoms with Gasteiger partial charge in [-0.3, -0.25) is 19.5 Å².